The molecule has 1 aromatic heterocycles. The van der Waals surface area contributed by atoms with Crippen molar-refractivity contribution in [3.8, 4) is 0 Å². The van der Waals surface area contributed by atoms with Gasteiger partial charge in [0.1, 0.15) is 11.1 Å². The first-order chi connectivity index (χ1) is 9.83. The van der Waals surface area contributed by atoms with Crippen molar-refractivity contribution < 1.29 is 4.74 Å². The minimum Gasteiger partial charge on any atom is -0.371 e. The van der Waals surface area contributed by atoms with Crippen LogP contribution in [0, 0.1) is 5.92 Å². The molecular formula is C16H26N2OS. The van der Waals surface area contributed by atoms with Crippen LogP contribution in [0.1, 0.15) is 79.5 Å². The lowest BCUT2D eigenvalue weighted by Crippen LogP contribution is -2.19. The monoisotopic (exact) mass is 294 g/mol. The first-order valence-electron chi connectivity index (χ1n) is 8.14. The zero-order valence-electron chi connectivity index (χ0n) is 12.4. The predicted molar refractivity (Wildman–Crippen MR) is 82.9 cm³/mol. The van der Waals surface area contributed by atoms with E-state index in [-0.39, 0.29) is 6.10 Å². The largest absolute Gasteiger partial charge is 0.371 e. The lowest BCUT2D eigenvalue weighted by atomic mass is 9.85. The third-order valence-corrected chi connectivity index (χ3v) is 5.72. The minimum absolute atomic E-state index is 0.211. The topological polar surface area (TPSA) is 48.1 Å². The van der Waals surface area contributed by atoms with E-state index in [2.05, 4.69) is 6.92 Å². The second kappa shape index (κ2) is 6.54. The molecule has 4 heteroatoms. The van der Waals surface area contributed by atoms with Crippen molar-refractivity contribution in [1.82, 2.24) is 4.98 Å². The van der Waals surface area contributed by atoms with Crippen LogP contribution in [0.5, 0.6) is 0 Å². The highest BCUT2D eigenvalue weighted by molar-refractivity contribution is 7.11. The average Bonchev–Trinajstić information content (AvgIpc) is 3.25. The lowest BCUT2D eigenvalue weighted by molar-refractivity contribution is 0.00543. The maximum Gasteiger partial charge on any atom is 0.122 e. The van der Waals surface area contributed by atoms with Gasteiger partial charge in [0.05, 0.1) is 5.69 Å². The molecule has 0 bridgehead atoms. The van der Waals surface area contributed by atoms with Gasteiger partial charge in [0.25, 0.3) is 0 Å². The molecule has 1 aromatic rings. The number of ether oxygens (including phenoxy) is 1. The van der Waals surface area contributed by atoms with Gasteiger partial charge < -0.3 is 10.5 Å². The van der Waals surface area contributed by atoms with E-state index in [4.69, 9.17) is 15.5 Å². The van der Waals surface area contributed by atoms with E-state index in [0.29, 0.717) is 18.4 Å². The van der Waals surface area contributed by atoms with Gasteiger partial charge >= 0.3 is 0 Å². The fourth-order valence-corrected chi connectivity index (χ4v) is 4.52. The summed E-state index contributed by atoms with van der Waals surface area (Å²) < 4.78 is 6.09. The number of nitrogens with zero attached hydrogens (tertiary/aromatic N) is 1. The zero-order valence-corrected chi connectivity index (χ0v) is 13.3. The summed E-state index contributed by atoms with van der Waals surface area (Å²) in [6.07, 6.45) is 9.45. The summed E-state index contributed by atoms with van der Waals surface area (Å²) in [5.74, 6) is 1.35. The van der Waals surface area contributed by atoms with Crippen LogP contribution in [0.3, 0.4) is 0 Å². The molecule has 1 unspecified atom stereocenters. The van der Waals surface area contributed by atoms with E-state index in [9.17, 15) is 0 Å². The maximum atomic E-state index is 6.09. The molecule has 0 aromatic carbocycles. The molecule has 112 valence electrons. The molecule has 2 N–H and O–H groups in total. The van der Waals surface area contributed by atoms with Crippen molar-refractivity contribution in [3.05, 3.63) is 15.6 Å². The third-order valence-electron chi connectivity index (χ3n) is 4.56. The summed E-state index contributed by atoms with van der Waals surface area (Å²) >= 11 is 1.81. The number of rotatable bonds is 6. The van der Waals surface area contributed by atoms with Crippen LogP contribution in [-0.4, -0.2) is 11.6 Å². The summed E-state index contributed by atoms with van der Waals surface area (Å²) in [7, 11) is 0. The molecule has 1 atom stereocenters. The SMILES string of the molecule is CCOC(c1nc(C2CC2)c(CN)s1)C1CCCCC1. The maximum absolute atomic E-state index is 6.09. The fraction of sp³-hybridized carbons (Fsp3) is 0.812. The molecule has 0 amide bonds. The predicted octanol–water partition coefficient (Wildman–Crippen LogP) is 4.14. The Hall–Kier alpha value is -0.450. The van der Waals surface area contributed by atoms with Gasteiger partial charge in [-0.3, -0.25) is 0 Å². The normalized spacial score (nSPS) is 22.1. The van der Waals surface area contributed by atoms with E-state index in [0.717, 1.165) is 6.61 Å². The molecule has 0 saturated heterocycles. The quantitative estimate of drug-likeness (QED) is 0.858. The van der Waals surface area contributed by atoms with E-state index in [1.54, 1.807) is 0 Å². The van der Waals surface area contributed by atoms with Crippen molar-refractivity contribution in [2.24, 2.45) is 11.7 Å². The summed E-state index contributed by atoms with van der Waals surface area (Å²) in [5.41, 5.74) is 7.20. The Labute approximate surface area is 125 Å². The van der Waals surface area contributed by atoms with Crippen molar-refractivity contribution in [2.45, 2.75) is 70.4 Å². The van der Waals surface area contributed by atoms with E-state index >= 15 is 0 Å². The molecule has 0 radical (unpaired) electrons. The average molecular weight is 294 g/mol. The van der Waals surface area contributed by atoms with Crippen LogP contribution in [-0.2, 0) is 11.3 Å². The van der Waals surface area contributed by atoms with Crippen LogP contribution in [0.25, 0.3) is 0 Å². The summed E-state index contributed by atoms with van der Waals surface area (Å²) in [6, 6.07) is 0. The highest BCUT2D eigenvalue weighted by atomic mass is 32.1. The first-order valence-corrected chi connectivity index (χ1v) is 8.96. The molecule has 2 saturated carbocycles. The van der Waals surface area contributed by atoms with Crippen molar-refractivity contribution in [2.75, 3.05) is 6.61 Å². The molecule has 2 aliphatic rings. The number of hydrogen-bond acceptors (Lipinski definition) is 4. The highest BCUT2D eigenvalue weighted by Crippen LogP contribution is 2.45. The Morgan fingerprint density at radius 2 is 2.00 bits per heavy atom. The van der Waals surface area contributed by atoms with Crippen molar-refractivity contribution in [1.29, 1.82) is 0 Å². The van der Waals surface area contributed by atoms with Gasteiger partial charge in [0, 0.05) is 23.9 Å². The van der Waals surface area contributed by atoms with Crippen LogP contribution < -0.4 is 5.73 Å². The molecule has 2 aliphatic carbocycles. The Morgan fingerprint density at radius 1 is 1.25 bits per heavy atom. The second-order valence-electron chi connectivity index (χ2n) is 6.11. The molecule has 2 fully saturated rings. The second-order valence-corrected chi connectivity index (χ2v) is 7.23. The van der Waals surface area contributed by atoms with Gasteiger partial charge in [-0.25, -0.2) is 4.98 Å². The molecule has 20 heavy (non-hydrogen) atoms. The molecule has 3 nitrogen and oxygen atoms in total. The number of hydrogen-bond donors (Lipinski definition) is 1. The first kappa shape index (κ1) is 14.5. The van der Waals surface area contributed by atoms with Crippen molar-refractivity contribution >= 4 is 11.3 Å². The summed E-state index contributed by atoms with van der Waals surface area (Å²) in [4.78, 5) is 6.25. The van der Waals surface area contributed by atoms with E-state index < -0.39 is 0 Å². The molecule has 1 heterocycles. The fourth-order valence-electron chi connectivity index (χ4n) is 3.35. The van der Waals surface area contributed by atoms with Crippen LogP contribution in [0.2, 0.25) is 0 Å². The smallest absolute Gasteiger partial charge is 0.122 e. The van der Waals surface area contributed by atoms with E-state index in [1.165, 1.54) is 60.5 Å². The molecule has 0 aliphatic heterocycles. The Balaban J connectivity index is 1.82. The standard InChI is InChI=1S/C16H26N2OS/c1-2-19-15(12-6-4-3-5-7-12)16-18-14(11-8-9-11)13(10-17)20-16/h11-12,15H,2-10,17H2,1H3. The summed E-state index contributed by atoms with van der Waals surface area (Å²) in [6.45, 7) is 3.50. The third kappa shape index (κ3) is 3.07. The molecule has 0 spiro atoms. The Kier molecular flexibility index (Phi) is 4.74. The van der Waals surface area contributed by atoms with Gasteiger partial charge in [0.2, 0.25) is 0 Å². The van der Waals surface area contributed by atoms with Crippen LogP contribution >= 0.6 is 11.3 Å². The van der Waals surface area contributed by atoms with Crippen LogP contribution in [0.15, 0.2) is 0 Å². The molecular weight excluding hydrogens is 268 g/mol. The van der Waals surface area contributed by atoms with Gasteiger partial charge in [-0.1, -0.05) is 19.3 Å². The summed E-state index contributed by atoms with van der Waals surface area (Å²) in [5, 5.41) is 1.20. The molecule has 3 rings (SSSR count). The van der Waals surface area contributed by atoms with Crippen LogP contribution in [0.4, 0.5) is 0 Å². The number of thiazole rings is 1. The highest BCUT2D eigenvalue weighted by Gasteiger charge is 2.33. The van der Waals surface area contributed by atoms with Gasteiger partial charge in [0.15, 0.2) is 0 Å². The van der Waals surface area contributed by atoms with E-state index in [1.807, 2.05) is 11.3 Å². The van der Waals surface area contributed by atoms with Crippen molar-refractivity contribution in [3.63, 3.8) is 0 Å². The number of aromatic nitrogens is 1. The zero-order chi connectivity index (χ0) is 13.9. The van der Waals surface area contributed by atoms with Gasteiger partial charge in [-0.05, 0) is 38.5 Å². The Bertz CT molecular complexity index is 436. The minimum atomic E-state index is 0.211. The Morgan fingerprint density at radius 3 is 2.60 bits per heavy atom. The number of nitrogens with two attached hydrogens (primary N) is 1. The van der Waals surface area contributed by atoms with Gasteiger partial charge in [-0.15, -0.1) is 11.3 Å². The lowest BCUT2D eigenvalue weighted by Gasteiger charge is -2.28. The van der Waals surface area contributed by atoms with Gasteiger partial charge in [-0.2, -0.15) is 0 Å².